The van der Waals surface area contributed by atoms with Gasteiger partial charge in [-0.2, -0.15) is 5.26 Å². The van der Waals surface area contributed by atoms with E-state index in [1.807, 2.05) is 18.2 Å². The Morgan fingerprint density at radius 1 is 1.35 bits per heavy atom. The summed E-state index contributed by atoms with van der Waals surface area (Å²) in [4.78, 5) is 12.3. The Kier molecular flexibility index (Phi) is 5.14. The summed E-state index contributed by atoms with van der Waals surface area (Å²) in [5.41, 5.74) is 0.712. The third-order valence-electron chi connectivity index (χ3n) is 4.00. The van der Waals surface area contributed by atoms with Crippen LogP contribution in [0.25, 0.3) is 0 Å². The van der Waals surface area contributed by atoms with Crippen LogP contribution in [0.15, 0.2) is 30.3 Å². The Balaban J connectivity index is 2.04. The molecule has 1 amide bonds. The van der Waals surface area contributed by atoms with Crippen LogP contribution in [-0.2, 0) is 4.79 Å². The number of aliphatic hydroxyl groups excluding tert-OH is 1. The molecular formula is C16H20N2O2. The molecule has 1 fully saturated rings. The van der Waals surface area contributed by atoms with Crippen molar-refractivity contribution >= 4 is 5.91 Å². The molecule has 2 rings (SSSR count). The first-order valence-electron chi connectivity index (χ1n) is 7.12. The number of nitriles is 1. The molecule has 20 heavy (non-hydrogen) atoms. The summed E-state index contributed by atoms with van der Waals surface area (Å²) in [5.74, 6) is -0.927. The minimum absolute atomic E-state index is 0.0131. The van der Waals surface area contributed by atoms with Gasteiger partial charge in [-0.3, -0.25) is 4.79 Å². The quantitative estimate of drug-likeness (QED) is 0.880. The number of aliphatic hydroxyl groups is 1. The highest BCUT2D eigenvalue weighted by Crippen LogP contribution is 2.25. The van der Waals surface area contributed by atoms with Crippen LogP contribution < -0.4 is 5.32 Å². The standard InChI is InChI=1S/C16H20N2O2/c17-10-14(12-6-2-1-3-7-12)16(20)18-15-9-5-4-8-13(15)11-19/h1-3,6-7,13-15,19H,4-5,8-9,11H2,(H,18,20). The average molecular weight is 272 g/mol. The largest absolute Gasteiger partial charge is 0.396 e. The second-order valence-corrected chi connectivity index (χ2v) is 5.31. The zero-order valence-corrected chi connectivity index (χ0v) is 11.5. The summed E-state index contributed by atoms with van der Waals surface area (Å²) in [6.07, 6.45) is 3.97. The van der Waals surface area contributed by atoms with Gasteiger partial charge in [0.05, 0.1) is 6.07 Å². The molecule has 1 aliphatic rings. The molecule has 1 aliphatic carbocycles. The van der Waals surface area contributed by atoms with Gasteiger partial charge in [0.1, 0.15) is 5.92 Å². The van der Waals surface area contributed by atoms with E-state index in [-0.39, 0.29) is 24.5 Å². The van der Waals surface area contributed by atoms with Crippen LogP contribution in [0.5, 0.6) is 0 Å². The zero-order chi connectivity index (χ0) is 14.4. The second-order valence-electron chi connectivity index (χ2n) is 5.31. The van der Waals surface area contributed by atoms with Crippen molar-refractivity contribution in [2.75, 3.05) is 6.61 Å². The average Bonchev–Trinajstić information content (AvgIpc) is 2.49. The van der Waals surface area contributed by atoms with Crippen LogP contribution in [-0.4, -0.2) is 23.7 Å². The molecule has 0 saturated heterocycles. The Labute approximate surface area is 119 Å². The number of amides is 1. The van der Waals surface area contributed by atoms with E-state index in [4.69, 9.17) is 0 Å². The molecular weight excluding hydrogens is 252 g/mol. The van der Waals surface area contributed by atoms with Gasteiger partial charge in [0, 0.05) is 18.6 Å². The maximum atomic E-state index is 12.3. The predicted octanol–water partition coefficient (Wildman–Crippen LogP) is 1.96. The highest BCUT2D eigenvalue weighted by molar-refractivity contribution is 5.86. The van der Waals surface area contributed by atoms with Crippen LogP contribution in [0.1, 0.15) is 37.2 Å². The number of hydrogen-bond acceptors (Lipinski definition) is 3. The fourth-order valence-corrected chi connectivity index (χ4v) is 2.81. The molecule has 3 atom stereocenters. The Hall–Kier alpha value is -1.86. The van der Waals surface area contributed by atoms with Crippen molar-refractivity contribution in [3.8, 4) is 6.07 Å². The van der Waals surface area contributed by atoms with Crippen LogP contribution in [0.4, 0.5) is 0 Å². The Bertz CT molecular complexity index is 481. The molecule has 0 spiro atoms. The molecule has 3 unspecified atom stereocenters. The first-order chi connectivity index (χ1) is 9.76. The minimum Gasteiger partial charge on any atom is -0.396 e. The van der Waals surface area contributed by atoms with E-state index in [0.717, 1.165) is 25.7 Å². The molecule has 0 heterocycles. The molecule has 4 heteroatoms. The summed E-state index contributed by atoms with van der Waals surface area (Å²) >= 11 is 0. The van der Waals surface area contributed by atoms with Crippen LogP contribution >= 0.6 is 0 Å². The normalized spacial score (nSPS) is 23.6. The van der Waals surface area contributed by atoms with Gasteiger partial charge in [0.2, 0.25) is 5.91 Å². The van der Waals surface area contributed by atoms with Crippen molar-refractivity contribution in [3.05, 3.63) is 35.9 Å². The molecule has 2 N–H and O–H groups in total. The van der Waals surface area contributed by atoms with Crippen molar-refractivity contribution in [2.24, 2.45) is 5.92 Å². The number of carbonyl (C=O) groups is 1. The number of carbonyl (C=O) groups excluding carboxylic acids is 1. The van der Waals surface area contributed by atoms with Crippen molar-refractivity contribution in [1.29, 1.82) is 5.26 Å². The van der Waals surface area contributed by atoms with E-state index < -0.39 is 5.92 Å². The molecule has 0 aromatic heterocycles. The van der Waals surface area contributed by atoms with Gasteiger partial charge in [-0.15, -0.1) is 0 Å². The van der Waals surface area contributed by atoms with Crippen LogP contribution in [0.2, 0.25) is 0 Å². The second kappa shape index (κ2) is 7.06. The maximum absolute atomic E-state index is 12.3. The van der Waals surface area contributed by atoms with Crippen molar-refractivity contribution in [1.82, 2.24) is 5.32 Å². The number of rotatable bonds is 4. The number of nitrogens with zero attached hydrogens (tertiary/aromatic N) is 1. The predicted molar refractivity (Wildman–Crippen MR) is 75.8 cm³/mol. The Morgan fingerprint density at radius 2 is 2.05 bits per heavy atom. The SMILES string of the molecule is N#CC(C(=O)NC1CCCCC1CO)c1ccccc1. The van der Waals surface area contributed by atoms with Crippen molar-refractivity contribution in [3.63, 3.8) is 0 Å². The fourth-order valence-electron chi connectivity index (χ4n) is 2.81. The van der Waals surface area contributed by atoms with Gasteiger partial charge < -0.3 is 10.4 Å². The lowest BCUT2D eigenvalue weighted by Crippen LogP contribution is -2.45. The number of benzene rings is 1. The highest BCUT2D eigenvalue weighted by atomic mass is 16.3. The molecule has 1 aromatic carbocycles. The smallest absolute Gasteiger partial charge is 0.242 e. The topological polar surface area (TPSA) is 73.1 Å². The van der Waals surface area contributed by atoms with Crippen molar-refractivity contribution < 1.29 is 9.90 Å². The van der Waals surface area contributed by atoms with E-state index in [0.29, 0.717) is 5.56 Å². The van der Waals surface area contributed by atoms with E-state index >= 15 is 0 Å². The summed E-state index contributed by atoms with van der Waals surface area (Å²) in [5, 5.41) is 21.6. The molecule has 0 bridgehead atoms. The van der Waals surface area contributed by atoms with Crippen molar-refractivity contribution in [2.45, 2.75) is 37.6 Å². The first-order valence-corrected chi connectivity index (χ1v) is 7.12. The Morgan fingerprint density at radius 3 is 2.70 bits per heavy atom. The summed E-state index contributed by atoms with van der Waals surface area (Å²) in [7, 11) is 0. The number of nitrogens with one attached hydrogen (secondary N) is 1. The van der Waals surface area contributed by atoms with Gasteiger partial charge in [0.25, 0.3) is 0 Å². The van der Waals surface area contributed by atoms with Gasteiger partial charge in [-0.05, 0) is 18.4 Å². The van der Waals surface area contributed by atoms with Gasteiger partial charge in [0.15, 0.2) is 0 Å². The molecule has 1 aromatic rings. The maximum Gasteiger partial charge on any atom is 0.242 e. The van der Waals surface area contributed by atoms with Crippen LogP contribution in [0.3, 0.4) is 0 Å². The van der Waals surface area contributed by atoms with Gasteiger partial charge in [-0.1, -0.05) is 43.2 Å². The summed E-state index contributed by atoms with van der Waals surface area (Å²) in [6.45, 7) is 0.0908. The van der Waals surface area contributed by atoms with Gasteiger partial charge >= 0.3 is 0 Å². The lowest BCUT2D eigenvalue weighted by molar-refractivity contribution is -0.122. The lowest BCUT2D eigenvalue weighted by atomic mass is 9.84. The minimum atomic E-state index is -0.780. The van der Waals surface area contributed by atoms with Crippen LogP contribution in [0, 0.1) is 17.2 Å². The summed E-state index contributed by atoms with van der Waals surface area (Å²) in [6, 6.07) is 11.1. The molecule has 0 aliphatic heterocycles. The van der Waals surface area contributed by atoms with E-state index in [9.17, 15) is 15.2 Å². The van der Waals surface area contributed by atoms with E-state index in [2.05, 4.69) is 11.4 Å². The molecule has 0 radical (unpaired) electrons. The third kappa shape index (κ3) is 3.37. The monoisotopic (exact) mass is 272 g/mol. The zero-order valence-electron chi connectivity index (χ0n) is 11.5. The third-order valence-corrected chi connectivity index (χ3v) is 4.00. The summed E-state index contributed by atoms with van der Waals surface area (Å²) < 4.78 is 0. The fraction of sp³-hybridized carbons (Fsp3) is 0.500. The first kappa shape index (κ1) is 14.5. The molecule has 1 saturated carbocycles. The lowest BCUT2D eigenvalue weighted by Gasteiger charge is -2.31. The molecule has 4 nitrogen and oxygen atoms in total. The van der Waals surface area contributed by atoms with Gasteiger partial charge in [-0.25, -0.2) is 0 Å². The highest BCUT2D eigenvalue weighted by Gasteiger charge is 2.29. The van der Waals surface area contributed by atoms with E-state index in [1.54, 1.807) is 12.1 Å². The molecule has 106 valence electrons. The number of hydrogen-bond donors (Lipinski definition) is 2. The van der Waals surface area contributed by atoms with E-state index in [1.165, 1.54) is 0 Å².